The summed E-state index contributed by atoms with van der Waals surface area (Å²) in [6, 6.07) is 6.31. The summed E-state index contributed by atoms with van der Waals surface area (Å²) >= 11 is 0. The van der Waals surface area contributed by atoms with Crippen molar-refractivity contribution >= 4 is 16.9 Å². The van der Waals surface area contributed by atoms with Gasteiger partial charge in [0.05, 0.1) is 11.4 Å². The summed E-state index contributed by atoms with van der Waals surface area (Å²) in [5, 5.41) is 3.32. The van der Waals surface area contributed by atoms with Gasteiger partial charge in [-0.05, 0) is 24.6 Å². The normalized spacial score (nSPS) is 18.8. The van der Waals surface area contributed by atoms with Gasteiger partial charge < -0.3 is 16.2 Å². The van der Waals surface area contributed by atoms with Gasteiger partial charge in [-0.3, -0.25) is 0 Å². The van der Waals surface area contributed by atoms with E-state index in [4.69, 9.17) is 0 Å². The van der Waals surface area contributed by atoms with Crippen molar-refractivity contribution in [3.05, 3.63) is 29.8 Å². The Balaban J connectivity index is 2.04. The first-order valence-electron chi connectivity index (χ1n) is 5.25. The van der Waals surface area contributed by atoms with E-state index in [0.29, 0.717) is 0 Å². The van der Waals surface area contributed by atoms with Gasteiger partial charge in [-0.2, -0.15) is 0 Å². The Kier molecular flexibility index (Phi) is 2.08. The lowest BCUT2D eigenvalue weighted by molar-refractivity contribution is 0.739. The van der Waals surface area contributed by atoms with Crippen LogP contribution in [-0.4, -0.2) is 13.1 Å². The smallest absolute Gasteiger partial charge is 0.0825 e. The van der Waals surface area contributed by atoms with Crippen LogP contribution in [0.4, 0.5) is 11.4 Å². The van der Waals surface area contributed by atoms with E-state index in [1.807, 2.05) is 0 Å². The molecular formula is C11H14N4. The van der Waals surface area contributed by atoms with E-state index in [2.05, 4.69) is 46.0 Å². The molecule has 0 amide bonds. The average molecular weight is 202 g/mol. The van der Waals surface area contributed by atoms with E-state index < -0.39 is 0 Å². The summed E-state index contributed by atoms with van der Waals surface area (Å²) < 4.78 is 0. The molecule has 0 radical (unpaired) electrons. The van der Waals surface area contributed by atoms with Crippen LogP contribution in [0.3, 0.4) is 0 Å². The SMILES string of the molecule is C1=C(c2cccc3c2NNN3)CCNC1. The lowest BCUT2D eigenvalue weighted by atomic mass is 9.98. The summed E-state index contributed by atoms with van der Waals surface area (Å²) in [6.45, 7) is 2.04. The molecule has 1 aromatic carbocycles. The molecule has 0 aliphatic carbocycles. The molecule has 0 atom stereocenters. The molecule has 0 aromatic heterocycles. The number of nitrogens with one attached hydrogen (secondary N) is 4. The van der Waals surface area contributed by atoms with Crippen molar-refractivity contribution in [2.45, 2.75) is 6.42 Å². The maximum absolute atomic E-state index is 3.32. The molecule has 4 N–H and O–H groups in total. The first-order valence-corrected chi connectivity index (χ1v) is 5.25. The van der Waals surface area contributed by atoms with Gasteiger partial charge in [0.15, 0.2) is 0 Å². The second-order valence-corrected chi connectivity index (χ2v) is 3.79. The molecule has 0 saturated heterocycles. The van der Waals surface area contributed by atoms with Crippen LogP contribution in [0.15, 0.2) is 24.3 Å². The molecule has 4 heteroatoms. The Bertz CT molecular complexity index is 411. The molecule has 15 heavy (non-hydrogen) atoms. The molecule has 2 aliphatic rings. The molecule has 2 heterocycles. The number of hydrazine groups is 2. The highest BCUT2D eigenvalue weighted by molar-refractivity contribution is 5.86. The number of anilines is 2. The Morgan fingerprint density at radius 1 is 1.13 bits per heavy atom. The lowest BCUT2D eigenvalue weighted by Gasteiger charge is -2.16. The number of fused-ring (bicyclic) bond motifs is 1. The zero-order valence-corrected chi connectivity index (χ0v) is 8.43. The van der Waals surface area contributed by atoms with Gasteiger partial charge in [-0.25, -0.2) is 0 Å². The minimum Gasteiger partial charge on any atom is -0.313 e. The molecule has 0 bridgehead atoms. The fourth-order valence-corrected chi connectivity index (χ4v) is 2.09. The molecule has 3 rings (SSSR count). The molecule has 4 nitrogen and oxygen atoms in total. The molecule has 78 valence electrons. The zero-order chi connectivity index (χ0) is 10.1. The van der Waals surface area contributed by atoms with Gasteiger partial charge in [0.1, 0.15) is 0 Å². The van der Waals surface area contributed by atoms with Gasteiger partial charge in [0, 0.05) is 12.1 Å². The van der Waals surface area contributed by atoms with Gasteiger partial charge in [0.25, 0.3) is 0 Å². The minimum absolute atomic E-state index is 0.972. The Hall–Kier alpha value is -1.52. The number of hydrogen-bond donors (Lipinski definition) is 4. The van der Waals surface area contributed by atoms with Crippen LogP contribution in [-0.2, 0) is 0 Å². The van der Waals surface area contributed by atoms with Crippen molar-refractivity contribution in [2.75, 3.05) is 23.9 Å². The highest BCUT2D eigenvalue weighted by Gasteiger charge is 2.16. The standard InChI is InChI=1S/C11H14N4/c1-2-9(8-4-6-12-7-5-8)11-10(3-1)13-15-14-11/h1-4,12-15H,5-7H2. The second kappa shape index (κ2) is 3.56. The highest BCUT2D eigenvalue weighted by atomic mass is 15.6. The van der Waals surface area contributed by atoms with Gasteiger partial charge in [-0.15, -0.1) is 5.53 Å². The summed E-state index contributed by atoms with van der Waals surface area (Å²) in [5.74, 6) is 0. The molecule has 0 spiro atoms. The molecular weight excluding hydrogens is 188 g/mol. The van der Waals surface area contributed by atoms with Crippen molar-refractivity contribution in [3.63, 3.8) is 0 Å². The first kappa shape index (κ1) is 8.76. The van der Waals surface area contributed by atoms with E-state index in [0.717, 1.165) is 30.9 Å². The third kappa shape index (κ3) is 1.48. The van der Waals surface area contributed by atoms with Crippen molar-refractivity contribution in [1.82, 2.24) is 10.9 Å². The van der Waals surface area contributed by atoms with Crippen molar-refractivity contribution in [1.29, 1.82) is 0 Å². The maximum atomic E-state index is 3.32. The van der Waals surface area contributed by atoms with E-state index in [1.54, 1.807) is 0 Å². The summed E-state index contributed by atoms with van der Waals surface area (Å²) in [4.78, 5) is 0. The van der Waals surface area contributed by atoms with Crippen molar-refractivity contribution in [3.8, 4) is 0 Å². The van der Waals surface area contributed by atoms with Gasteiger partial charge >= 0.3 is 0 Å². The van der Waals surface area contributed by atoms with Crippen LogP contribution in [0.25, 0.3) is 5.57 Å². The molecule has 2 aliphatic heterocycles. The first-order chi connectivity index (χ1) is 7.45. The minimum atomic E-state index is 0.972. The van der Waals surface area contributed by atoms with Gasteiger partial charge in [0.2, 0.25) is 0 Å². The van der Waals surface area contributed by atoms with E-state index in [9.17, 15) is 0 Å². The highest BCUT2D eigenvalue weighted by Crippen LogP contribution is 2.34. The average Bonchev–Trinajstić information content (AvgIpc) is 2.78. The molecule has 0 saturated carbocycles. The summed E-state index contributed by atoms with van der Waals surface area (Å²) in [5.41, 5.74) is 14.1. The Morgan fingerprint density at radius 2 is 2.13 bits per heavy atom. The third-order valence-electron chi connectivity index (χ3n) is 2.86. The van der Waals surface area contributed by atoms with Crippen LogP contribution < -0.4 is 21.7 Å². The van der Waals surface area contributed by atoms with Crippen LogP contribution >= 0.6 is 0 Å². The second-order valence-electron chi connectivity index (χ2n) is 3.79. The number of rotatable bonds is 1. The lowest BCUT2D eigenvalue weighted by Crippen LogP contribution is -2.21. The third-order valence-corrected chi connectivity index (χ3v) is 2.86. The monoisotopic (exact) mass is 202 g/mol. The predicted molar refractivity (Wildman–Crippen MR) is 62.3 cm³/mol. The number of hydrogen-bond acceptors (Lipinski definition) is 4. The van der Waals surface area contributed by atoms with E-state index >= 15 is 0 Å². The van der Waals surface area contributed by atoms with E-state index in [1.165, 1.54) is 11.1 Å². The van der Waals surface area contributed by atoms with Crippen LogP contribution in [0.5, 0.6) is 0 Å². The van der Waals surface area contributed by atoms with E-state index in [-0.39, 0.29) is 0 Å². The van der Waals surface area contributed by atoms with Crippen molar-refractivity contribution < 1.29 is 0 Å². The molecule has 0 unspecified atom stereocenters. The molecule has 1 aromatic rings. The van der Waals surface area contributed by atoms with Gasteiger partial charge in [-0.1, -0.05) is 18.2 Å². The summed E-state index contributed by atoms with van der Waals surface area (Å²) in [7, 11) is 0. The zero-order valence-electron chi connectivity index (χ0n) is 8.43. The summed E-state index contributed by atoms with van der Waals surface area (Å²) in [6.07, 6.45) is 3.36. The van der Waals surface area contributed by atoms with Crippen molar-refractivity contribution in [2.24, 2.45) is 0 Å². The molecule has 0 fully saturated rings. The number of benzene rings is 1. The van der Waals surface area contributed by atoms with Crippen LogP contribution in [0, 0.1) is 0 Å². The van der Waals surface area contributed by atoms with Crippen LogP contribution in [0.1, 0.15) is 12.0 Å². The predicted octanol–water partition coefficient (Wildman–Crippen LogP) is 1.32. The van der Waals surface area contributed by atoms with Crippen LogP contribution in [0.2, 0.25) is 0 Å². The Labute approximate surface area is 88.7 Å². The number of para-hydroxylation sites is 1. The topological polar surface area (TPSA) is 48.1 Å². The largest absolute Gasteiger partial charge is 0.313 e. The quantitative estimate of drug-likeness (QED) is 0.555. The maximum Gasteiger partial charge on any atom is 0.0825 e. The fourth-order valence-electron chi connectivity index (χ4n) is 2.09. The fraction of sp³-hybridized carbons (Fsp3) is 0.273. The Morgan fingerprint density at radius 3 is 3.00 bits per heavy atom.